The maximum Gasteiger partial charge on any atom is 0.269 e. The molecule has 5 nitrogen and oxygen atoms in total. The van der Waals surface area contributed by atoms with Crippen molar-refractivity contribution in [2.75, 3.05) is 12.4 Å². The summed E-state index contributed by atoms with van der Waals surface area (Å²) in [5.41, 5.74) is 0.531. The Morgan fingerprint density at radius 1 is 1.47 bits per heavy atom. The normalized spacial score (nSPS) is 12.4. The largest absolute Gasteiger partial charge is 0.396 e. The van der Waals surface area contributed by atoms with E-state index in [4.69, 9.17) is 10.2 Å². The summed E-state index contributed by atoms with van der Waals surface area (Å²) in [6, 6.07) is 4.44. The minimum absolute atomic E-state index is 0.0198. The molecule has 1 rings (SSSR count). The van der Waals surface area contributed by atoms with Gasteiger partial charge in [0.2, 0.25) is 0 Å². The Balaban J connectivity index is 2.82. The molecule has 2 N–H and O–H groups in total. The van der Waals surface area contributed by atoms with Gasteiger partial charge in [0.1, 0.15) is 0 Å². The van der Waals surface area contributed by atoms with Crippen molar-refractivity contribution in [2.24, 2.45) is 5.92 Å². The van der Waals surface area contributed by atoms with Crippen molar-refractivity contribution in [2.45, 2.75) is 18.4 Å². The first kappa shape index (κ1) is 14.0. The SMILES string of the molecule is CC(CO)CSc1ccc([N+](=O)[O-])cc1CO. The summed E-state index contributed by atoms with van der Waals surface area (Å²) < 4.78 is 0. The minimum Gasteiger partial charge on any atom is -0.396 e. The fourth-order valence-electron chi connectivity index (χ4n) is 1.23. The first-order valence-corrected chi connectivity index (χ1v) is 6.19. The van der Waals surface area contributed by atoms with Crippen molar-refractivity contribution in [3.05, 3.63) is 33.9 Å². The standard InChI is InChI=1S/C11H15NO4S/c1-8(5-13)7-17-11-3-2-10(12(15)16)4-9(11)6-14/h2-4,8,13-14H,5-7H2,1H3. The molecule has 1 aromatic rings. The molecule has 94 valence electrons. The van der Waals surface area contributed by atoms with Crippen LogP contribution in [0.2, 0.25) is 0 Å². The van der Waals surface area contributed by atoms with E-state index in [0.29, 0.717) is 11.3 Å². The highest BCUT2D eigenvalue weighted by Gasteiger charge is 2.11. The molecule has 0 aliphatic heterocycles. The van der Waals surface area contributed by atoms with Gasteiger partial charge in [-0.05, 0) is 17.5 Å². The van der Waals surface area contributed by atoms with E-state index in [9.17, 15) is 10.1 Å². The van der Waals surface area contributed by atoms with Crippen LogP contribution < -0.4 is 0 Å². The molecule has 0 bridgehead atoms. The lowest BCUT2D eigenvalue weighted by Crippen LogP contribution is -2.03. The van der Waals surface area contributed by atoms with Crippen LogP contribution in [0.25, 0.3) is 0 Å². The molecule has 0 saturated carbocycles. The number of aliphatic hydroxyl groups is 2. The smallest absolute Gasteiger partial charge is 0.269 e. The molecule has 1 atom stereocenters. The number of thioether (sulfide) groups is 1. The molecule has 1 unspecified atom stereocenters. The van der Waals surface area contributed by atoms with Crippen LogP contribution in [0.5, 0.6) is 0 Å². The number of rotatable bonds is 6. The van der Waals surface area contributed by atoms with E-state index in [1.165, 1.54) is 23.9 Å². The van der Waals surface area contributed by atoms with Crippen LogP contribution in [0.1, 0.15) is 12.5 Å². The third kappa shape index (κ3) is 3.99. The van der Waals surface area contributed by atoms with E-state index in [1.807, 2.05) is 6.92 Å². The van der Waals surface area contributed by atoms with Crippen LogP contribution in [0, 0.1) is 16.0 Å². The van der Waals surface area contributed by atoms with Crippen molar-refractivity contribution >= 4 is 17.4 Å². The van der Waals surface area contributed by atoms with Crippen molar-refractivity contribution in [3.63, 3.8) is 0 Å². The van der Waals surface area contributed by atoms with Gasteiger partial charge in [0.25, 0.3) is 5.69 Å². The predicted octanol–water partition coefficient (Wildman–Crippen LogP) is 1.81. The van der Waals surface area contributed by atoms with E-state index in [1.54, 1.807) is 6.07 Å². The Morgan fingerprint density at radius 2 is 2.18 bits per heavy atom. The molecular formula is C11H15NO4S. The maximum absolute atomic E-state index is 10.6. The van der Waals surface area contributed by atoms with Gasteiger partial charge in [-0.2, -0.15) is 0 Å². The Kier molecular flexibility index (Phi) is 5.40. The number of hydrogen-bond acceptors (Lipinski definition) is 5. The average Bonchev–Trinajstić information content (AvgIpc) is 2.35. The molecule has 0 spiro atoms. The first-order chi connectivity index (χ1) is 8.08. The molecule has 1 aromatic carbocycles. The van der Waals surface area contributed by atoms with Crippen molar-refractivity contribution < 1.29 is 15.1 Å². The first-order valence-electron chi connectivity index (χ1n) is 5.20. The lowest BCUT2D eigenvalue weighted by Gasteiger charge is -2.10. The topological polar surface area (TPSA) is 83.6 Å². The minimum atomic E-state index is -0.482. The van der Waals surface area contributed by atoms with Gasteiger partial charge in [-0.15, -0.1) is 11.8 Å². The zero-order valence-electron chi connectivity index (χ0n) is 9.50. The summed E-state index contributed by atoms with van der Waals surface area (Å²) in [6.07, 6.45) is 0. The Morgan fingerprint density at radius 3 is 2.71 bits per heavy atom. The van der Waals surface area contributed by atoms with Gasteiger partial charge in [0, 0.05) is 29.4 Å². The summed E-state index contributed by atoms with van der Waals surface area (Å²) >= 11 is 1.48. The van der Waals surface area contributed by atoms with Crippen LogP contribution in [0.4, 0.5) is 5.69 Å². The summed E-state index contributed by atoms with van der Waals surface area (Å²) in [4.78, 5) is 10.9. The summed E-state index contributed by atoms with van der Waals surface area (Å²) in [6.45, 7) is 1.79. The summed E-state index contributed by atoms with van der Waals surface area (Å²) in [5, 5.41) is 28.6. The number of nitro benzene ring substituents is 1. The molecule has 0 aromatic heterocycles. The zero-order valence-corrected chi connectivity index (χ0v) is 10.3. The van der Waals surface area contributed by atoms with Gasteiger partial charge in [0.15, 0.2) is 0 Å². The van der Waals surface area contributed by atoms with Crippen molar-refractivity contribution in [1.29, 1.82) is 0 Å². The van der Waals surface area contributed by atoms with Gasteiger partial charge in [-0.3, -0.25) is 10.1 Å². The number of aliphatic hydroxyl groups excluding tert-OH is 2. The second-order valence-corrected chi connectivity index (χ2v) is 4.87. The molecule has 0 aliphatic rings. The number of nitrogens with zero attached hydrogens (tertiary/aromatic N) is 1. The monoisotopic (exact) mass is 257 g/mol. The Labute approximate surface area is 104 Å². The van der Waals surface area contributed by atoms with Gasteiger partial charge >= 0.3 is 0 Å². The average molecular weight is 257 g/mol. The van der Waals surface area contributed by atoms with Crippen LogP contribution >= 0.6 is 11.8 Å². The molecule has 17 heavy (non-hydrogen) atoms. The number of benzene rings is 1. The van der Waals surface area contributed by atoms with E-state index < -0.39 is 4.92 Å². The highest BCUT2D eigenvalue weighted by atomic mass is 32.2. The van der Waals surface area contributed by atoms with Gasteiger partial charge in [0.05, 0.1) is 11.5 Å². The van der Waals surface area contributed by atoms with E-state index in [-0.39, 0.29) is 24.8 Å². The fourth-order valence-corrected chi connectivity index (χ4v) is 2.27. The lowest BCUT2D eigenvalue weighted by molar-refractivity contribution is -0.385. The lowest BCUT2D eigenvalue weighted by atomic mass is 10.2. The molecule has 0 amide bonds. The Hall–Kier alpha value is -1.11. The molecule has 0 radical (unpaired) electrons. The third-order valence-corrected chi connectivity index (χ3v) is 3.71. The summed E-state index contributed by atoms with van der Waals surface area (Å²) in [5.74, 6) is 0.864. The van der Waals surface area contributed by atoms with Crippen LogP contribution in [-0.2, 0) is 6.61 Å². The predicted molar refractivity (Wildman–Crippen MR) is 66.0 cm³/mol. The second kappa shape index (κ2) is 6.58. The van der Waals surface area contributed by atoms with Gasteiger partial charge in [-0.25, -0.2) is 0 Å². The van der Waals surface area contributed by atoms with E-state index in [2.05, 4.69) is 0 Å². The molecular weight excluding hydrogens is 242 g/mol. The van der Waals surface area contributed by atoms with Gasteiger partial charge < -0.3 is 10.2 Å². The van der Waals surface area contributed by atoms with Crippen LogP contribution in [-0.4, -0.2) is 27.5 Å². The second-order valence-electron chi connectivity index (χ2n) is 3.81. The number of non-ortho nitro benzene ring substituents is 1. The van der Waals surface area contributed by atoms with Crippen LogP contribution in [0.15, 0.2) is 23.1 Å². The number of hydrogen-bond donors (Lipinski definition) is 2. The highest BCUT2D eigenvalue weighted by molar-refractivity contribution is 7.99. The van der Waals surface area contributed by atoms with Gasteiger partial charge in [-0.1, -0.05) is 6.92 Å². The Bertz CT molecular complexity index is 397. The molecule has 0 aliphatic carbocycles. The molecule has 6 heteroatoms. The van der Waals surface area contributed by atoms with Crippen LogP contribution in [0.3, 0.4) is 0 Å². The maximum atomic E-state index is 10.6. The quantitative estimate of drug-likeness (QED) is 0.461. The zero-order chi connectivity index (χ0) is 12.8. The van der Waals surface area contributed by atoms with Crippen molar-refractivity contribution in [3.8, 4) is 0 Å². The van der Waals surface area contributed by atoms with Crippen molar-refractivity contribution in [1.82, 2.24) is 0 Å². The fraction of sp³-hybridized carbons (Fsp3) is 0.455. The van der Waals surface area contributed by atoms with E-state index in [0.717, 1.165) is 4.90 Å². The molecule has 0 heterocycles. The number of nitro groups is 1. The molecule has 0 fully saturated rings. The molecule has 0 saturated heterocycles. The highest BCUT2D eigenvalue weighted by Crippen LogP contribution is 2.28. The van der Waals surface area contributed by atoms with E-state index >= 15 is 0 Å². The summed E-state index contributed by atoms with van der Waals surface area (Å²) in [7, 11) is 0. The third-order valence-electron chi connectivity index (χ3n) is 2.26.